The lowest BCUT2D eigenvalue weighted by Gasteiger charge is -2.07. The fourth-order valence-electron chi connectivity index (χ4n) is 3.79. The van der Waals surface area contributed by atoms with E-state index < -0.39 is 0 Å². The number of benzene rings is 2. The number of furan rings is 1. The summed E-state index contributed by atoms with van der Waals surface area (Å²) in [5.74, 6) is 1.58. The van der Waals surface area contributed by atoms with Crippen LogP contribution in [0, 0.1) is 6.92 Å². The summed E-state index contributed by atoms with van der Waals surface area (Å²) in [7, 11) is 0. The quantitative estimate of drug-likeness (QED) is 0.357. The Balaban J connectivity index is 1.49. The van der Waals surface area contributed by atoms with Gasteiger partial charge in [-0.15, -0.1) is 11.3 Å². The molecular formula is C26H25N3O2S. The minimum atomic E-state index is 0.204. The van der Waals surface area contributed by atoms with Crippen molar-refractivity contribution in [3.63, 3.8) is 0 Å². The van der Waals surface area contributed by atoms with Crippen molar-refractivity contribution < 1.29 is 9.15 Å². The maximum absolute atomic E-state index is 5.74. The van der Waals surface area contributed by atoms with Gasteiger partial charge in [0.2, 0.25) is 4.80 Å². The average Bonchev–Trinajstić information content (AvgIpc) is 3.58. The van der Waals surface area contributed by atoms with Crippen LogP contribution in [0.5, 0.6) is 0 Å². The van der Waals surface area contributed by atoms with Gasteiger partial charge in [0, 0.05) is 17.6 Å². The van der Waals surface area contributed by atoms with Crippen molar-refractivity contribution in [1.29, 1.82) is 0 Å². The Morgan fingerprint density at radius 3 is 2.50 bits per heavy atom. The highest BCUT2D eigenvalue weighted by molar-refractivity contribution is 7.07. The highest BCUT2D eigenvalue weighted by Crippen LogP contribution is 2.25. The summed E-state index contributed by atoms with van der Waals surface area (Å²) in [6.07, 6.45) is 4.13. The van der Waals surface area contributed by atoms with Gasteiger partial charge in [0.15, 0.2) is 0 Å². The normalized spacial score (nSPS) is 16.9. The second-order valence-corrected chi connectivity index (χ2v) is 8.66. The number of aryl methyl sites for hydroxylation is 1. The molecule has 2 aromatic heterocycles. The molecule has 162 valence electrons. The Labute approximate surface area is 191 Å². The molecule has 0 amide bonds. The van der Waals surface area contributed by atoms with Crippen molar-refractivity contribution in [2.24, 2.45) is 10.1 Å². The first-order chi connectivity index (χ1) is 15.8. The fraction of sp³-hybridized carbons (Fsp3) is 0.231. The molecule has 5 rings (SSSR count). The van der Waals surface area contributed by atoms with E-state index in [9.17, 15) is 0 Å². The molecule has 1 unspecified atom stereocenters. The number of thiazole rings is 1. The molecular weight excluding hydrogens is 418 g/mol. The topological polar surface area (TPSA) is 52.0 Å². The molecule has 1 saturated heterocycles. The zero-order valence-corrected chi connectivity index (χ0v) is 18.8. The van der Waals surface area contributed by atoms with E-state index in [1.165, 1.54) is 11.1 Å². The van der Waals surface area contributed by atoms with Crippen LogP contribution >= 0.6 is 11.3 Å². The van der Waals surface area contributed by atoms with E-state index in [0.29, 0.717) is 6.54 Å². The molecule has 0 N–H and O–H groups in total. The highest BCUT2D eigenvalue weighted by atomic mass is 32.1. The van der Waals surface area contributed by atoms with Gasteiger partial charge >= 0.3 is 0 Å². The van der Waals surface area contributed by atoms with Gasteiger partial charge < -0.3 is 9.15 Å². The molecule has 1 aliphatic rings. The van der Waals surface area contributed by atoms with Crippen LogP contribution < -0.4 is 4.80 Å². The first-order valence-corrected chi connectivity index (χ1v) is 11.7. The first kappa shape index (κ1) is 20.7. The smallest absolute Gasteiger partial charge is 0.206 e. The van der Waals surface area contributed by atoms with Crippen molar-refractivity contribution >= 4 is 17.6 Å². The van der Waals surface area contributed by atoms with Crippen molar-refractivity contribution in [1.82, 2.24) is 4.68 Å². The van der Waals surface area contributed by atoms with Crippen LogP contribution in [0.15, 0.2) is 86.6 Å². The average molecular weight is 444 g/mol. The van der Waals surface area contributed by atoms with Crippen LogP contribution in [0.4, 0.5) is 0 Å². The van der Waals surface area contributed by atoms with Gasteiger partial charge in [0.05, 0.1) is 24.6 Å². The molecule has 6 heteroatoms. The molecule has 3 heterocycles. The molecule has 0 radical (unpaired) electrons. The van der Waals surface area contributed by atoms with E-state index in [2.05, 4.69) is 53.9 Å². The SMILES string of the molecule is Cc1ccc(/C=N/n2c(-c3ccc(-c4ccccc4)cc3)csc2=NCC2CCCO2)o1. The third-order valence-electron chi connectivity index (χ3n) is 5.49. The minimum absolute atomic E-state index is 0.204. The molecule has 2 aromatic carbocycles. The van der Waals surface area contributed by atoms with Gasteiger partial charge in [0.25, 0.3) is 0 Å². The minimum Gasteiger partial charge on any atom is -0.460 e. The lowest BCUT2D eigenvalue weighted by Crippen LogP contribution is -2.17. The van der Waals surface area contributed by atoms with Gasteiger partial charge in [-0.25, -0.2) is 4.68 Å². The summed E-state index contributed by atoms with van der Waals surface area (Å²) in [6, 6.07) is 22.8. The van der Waals surface area contributed by atoms with Crippen LogP contribution in [-0.4, -0.2) is 30.1 Å². The second kappa shape index (κ2) is 9.51. The van der Waals surface area contributed by atoms with E-state index in [0.717, 1.165) is 47.0 Å². The Hall–Kier alpha value is -3.22. The molecule has 1 fully saturated rings. The van der Waals surface area contributed by atoms with Gasteiger partial charge in [-0.2, -0.15) is 5.10 Å². The molecule has 32 heavy (non-hydrogen) atoms. The summed E-state index contributed by atoms with van der Waals surface area (Å²) in [5, 5.41) is 6.83. The summed E-state index contributed by atoms with van der Waals surface area (Å²) < 4.78 is 13.3. The Kier molecular flexibility index (Phi) is 6.14. The molecule has 5 nitrogen and oxygen atoms in total. The van der Waals surface area contributed by atoms with Crippen molar-refractivity contribution in [3.8, 4) is 22.4 Å². The molecule has 0 spiro atoms. The molecule has 0 saturated carbocycles. The van der Waals surface area contributed by atoms with Crippen LogP contribution in [0.2, 0.25) is 0 Å². The van der Waals surface area contributed by atoms with E-state index >= 15 is 0 Å². The zero-order valence-electron chi connectivity index (χ0n) is 18.0. The molecule has 0 bridgehead atoms. The van der Waals surface area contributed by atoms with Gasteiger partial charge in [-0.1, -0.05) is 54.6 Å². The lowest BCUT2D eigenvalue weighted by atomic mass is 10.0. The predicted octanol–water partition coefficient (Wildman–Crippen LogP) is 5.75. The van der Waals surface area contributed by atoms with Gasteiger partial charge in [-0.05, 0) is 43.0 Å². The number of rotatable bonds is 6. The molecule has 4 aromatic rings. The monoisotopic (exact) mass is 443 g/mol. The van der Waals surface area contributed by atoms with Crippen LogP contribution in [0.1, 0.15) is 24.4 Å². The third-order valence-corrected chi connectivity index (χ3v) is 6.34. The third kappa shape index (κ3) is 4.66. The second-order valence-electron chi connectivity index (χ2n) is 7.83. The van der Waals surface area contributed by atoms with E-state index in [1.54, 1.807) is 17.6 Å². The van der Waals surface area contributed by atoms with Crippen LogP contribution in [0.25, 0.3) is 22.4 Å². The first-order valence-electron chi connectivity index (χ1n) is 10.9. The molecule has 1 aliphatic heterocycles. The summed E-state index contributed by atoms with van der Waals surface area (Å²) in [5.41, 5.74) is 4.48. The van der Waals surface area contributed by atoms with Crippen molar-refractivity contribution in [2.75, 3.05) is 13.2 Å². The number of aromatic nitrogens is 1. The van der Waals surface area contributed by atoms with Gasteiger partial charge in [-0.3, -0.25) is 4.99 Å². The molecule has 1 atom stereocenters. The maximum Gasteiger partial charge on any atom is 0.206 e. The van der Waals surface area contributed by atoms with Crippen molar-refractivity contribution in [3.05, 3.63) is 88.4 Å². The largest absolute Gasteiger partial charge is 0.460 e. The standard InChI is InChI=1S/C26H25N3O2S/c1-19-9-14-24(31-19)17-28-29-25(18-32-26(29)27-16-23-8-5-15-30-23)22-12-10-21(11-13-22)20-6-3-2-4-7-20/h2-4,6-7,9-14,17-18,23H,5,8,15-16H2,1H3/b27-26?,28-17+. The van der Waals surface area contributed by atoms with E-state index in [4.69, 9.17) is 19.2 Å². The maximum atomic E-state index is 5.74. The number of ether oxygens (including phenoxy) is 1. The fourth-order valence-corrected chi connectivity index (χ4v) is 4.63. The van der Waals surface area contributed by atoms with Crippen LogP contribution in [0.3, 0.4) is 0 Å². The lowest BCUT2D eigenvalue weighted by molar-refractivity contribution is 0.117. The van der Waals surface area contributed by atoms with E-state index in [1.807, 2.05) is 29.8 Å². The van der Waals surface area contributed by atoms with Crippen molar-refractivity contribution in [2.45, 2.75) is 25.9 Å². The predicted molar refractivity (Wildman–Crippen MR) is 129 cm³/mol. The number of hydrogen-bond donors (Lipinski definition) is 0. The highest BCUT2D eigenvalue weighted by Gasteiger charge is 2.15. The number of nitrogens with zero attached hydrogens (tertiary/aromatic N) is 3. The summed E-state index contributed by atoms with van der Waals surface area (Å²) in [4.78, 5) is 5.68. The zero-order chi connectivity index (χ0) is 21.8. The Bertz CT molecular complexity index is 1260. The summed E-state index contributed by atoms with van der Waals surface area (Å²) >= 11 is 1.59. The summed E-state index contributed by atoms with van der Waals surface area (Å²) in [6.45, 7) is 3.42. The Morgan fingerprint density at radius 1 is 1.00 bits per heavy atom. The van der Waals surface area contributed by atoms with Crippen LogP contribution in [-0.2, 0) is 4.74 Å². The van der Waals surface area contributed by atoms with Gasteiger partial charge in [0.1, 0.15) is 11.5 Å². The molecule has 0 aliphatic carbocycles. The van der Waals surface area contributed by atoms with E-state index in [-0.39, 0.29) is 6.10 Å². The Morgan fingerprint density at radius 2 is 1.78 bits per heavy atom. The number of hydrogen-bond acceptors (Lipinski definition) is 5.